The molecule has 198 valence electrons. The number of hydrogen-bond acceptors (Lipinski definition) is 5. The van der Waals surface area contributed by atoms with Crippen molar-refractivity contribution in [1.82, 2.24) is 10.2 Å². The molecule has 0 heterocycles. The summed E-state index contributed by atoms with van der Waals surface area (Å²) in [6.07, 6.45) is 22.0. The summed E-state index contributed by atoms with van der Waals surface area (Å²) in [6, 6.07) is 0. The van der Waals surface area contributed by atoms with Crippen molar-refractivity contribution in [2.24, 2.45) is 0 Å². The van der Waals surface area contributed by atoms with E-state index in [0.29, 0.717) is 6.42 Å². The molecule has 0 aromatic heterocycles. The highest BCUT2D eigenvalue weighted by atomic mass is 16.9. The van der Waals surface area contributed by atoms with E-state index in [9.17, 15) is 4.79 Å². The zero-order valence-electron chi connectivity index (χ0n) is 21.6. The van der Waals surface area contributed by atoms with Gasteiger partial charge in [-0.25, -0.2) is 0 Å². The molecule has 0 fully saturated rings. The molecule has 0 aromatic rings. The molecule has 0 aliphatic heterocycles. The smallest absolute Gasteiger partial charge is 0.291 e. The lowest BCUT2D eigenvalue weighted by Crippen LogP contribution is -2.31. The molecule has 1 amide bonds. The Morgan fingerprint density at radius 3 is 1.61 bits per heavy atom. The number of likely N-dealkylation sites (N-methyl/N-ethyl adjacent to an activating group) is 1. The number of aliphatic hydroxyl groups is 1. The van der Waals surface area contributed by atoms with E-state index >= 15 is 0 Å². The first-order chi connectivity index (χ1) is 16.0. The molecule has 0 saturated heterocycles. The predicted molar refractivity (Wildman–Crippen MR) is 135 cm³/mol. The summed E-state index contributed by atoms with van der Waals surface area (Å²) in [6.45, 7) is 7.96. The Labute approximate surface area is 202 Å². The molecular formula is C25H53N3O5. The van der Waals surface area contributed by atoms with Crippen LogP contribution in [0.1, 0.15) is 123 Å². The van der Waals surface area contributed by atoms with E-state index in [1.807, 2.05) is 0 Å². The molecule has 8 heteroatoms. The van der Waals surface area contributed by atoms with Crippen LogP contribution in [0.5, 0.6) is 0 Å². The maximum atomic E-state index is 11.9. The summed E-state index contributed by atoms with van der Waals surface area (Å²) < 4.78 is 0. The first kappa shape index (κ1) is 33.8. The second-order valence-corrected chi connectivity index (χ2v) is 8.80. The van der Waals surface area contributed by atoms with Crippen LogP contribution in [-0.2, 0) is 4.79 Å². The fourth-order valence-corrected chi connectivity index (χ4v) is 3.85. The quantitative estimate of drug-likeness (QED) is 0.0988. The molecule has 0 rings (SSSR count). The molecule has 0 saturated carbocycles. The van der Waals surface area contributed by atoms with Gasteiger partial charge in [0.1, 0.15) is 0 Å². The van der Waals surface area contributed by atoms with Gasteiger partial charge < -0.3 is 20.5 Å². The average molecular weight is 476 g/mol. The van der Waals surface area contributed by atoms with E-state index in [1.165, 1.54) is 89.9 Å². The summed E-state index contributed by atoms with van der Waals surface area (Å²) in [5.74, 6) is 0.199. The van der Waals surface area contributed by atoms with Crippen molar-refractivity contribution < 1.29 is 20.2 Å². The number of nitrogens with zero attached hydrogens (tertiary/aromatic N) is 2. The first-order valence-corrected chi connectivity index (χ1v) is 13.4. The third-order valence-corrected chi connectivity index (χ3v) is 5.84. The molecule has 0 aliphatic rings. The van der Waals surface area contributed by atoms with Crippen molar-refractivity contribution in [2.75, 3.05) is 32.8 Å². The molecule has 0 bridgehead atoms. The largest absolute Gasteiger partial charge is 0.395 e. The molecule has 33 heavy (non-hydrogen) atoms. The van der Waals surface area contributed by atoms with Gasteiger partial charge in [0.25, 0.3) is 5.09 Å². The summed E-state index contributed by atoms with van der Waals surface area (Å²) in [4.78, 5) is 22.4. The van der Waals surface area contributed by atoms with Gasteiger partial charge in [-0.1, -0.05) is 104 Å². The zero-order chi connectivity index (χ0) is 25.0. The van der Waals surface area contributed by atoms with E-state index in [2.05, 4.69) is 24.1 Å². The van der Waals surface area contributed by atoms with Crippen LogP contribution in [0.25, 0.3) is 0 Å². The molecule has 0 radical (unpaired) electrons. The van der Waals surface area contributed by atoms with Gasteiger partial charge in [0.15, 0.2) is 0 Å². The average Bonchev–Trinajstić information content (AvgIpc) is 2.78. The third-order valence-electron chi connectivity index (χ3n) is 5.84. The van der Waals surface area contributed by atoms with E-state index in [4.69, 9.17) is 20.4 Å². The van der Waals surface area contributed by atoms with E-state index in [-0.39, 0.29) is 12.5 Å². The molecule has 0 spiro atoms. The zero-order valence-corrected chi connectivity index (χ0v) is 21.6. The lowest BCUT2D eigenvalue weighted by molar-refractivity contribution is -0.742. The summed E-state index contributed by atoms with van der Waals surface area (Å²) in [5.41, 5.74) is 0. The Kier molecular flexibility index (Phi) is 29.3. The standard InChI is InChI=1S/C25H52N2O2.HNO3/c1-3-5-6-7-8-9-10-11-12-13-14-15-16-17-18-20-25(29)26-21-19-22-27(4-2)23-24-28;2-1(3)4/h28H,3-24H2,1-2H3,(H,26,29);(H,2,3,4). The lowest BCUT2D eigenvalue weighted by atomic mass is 10.0. The van der Waals surface area contributed by atoms with Crippen LogP contribution in [-0.4, -0.2) is 59.0 Å². The number of unbranched alkanes of at least 4 members (excludes halogenated alkanes) is 14. The van der Waals surface area contributed by atoms with Crippen molar-refractivity contribution in [3.8, 4) is 0 Å². The molecule has 0 atom stereocenters. The van der Waals surface area contributed by atoms with Gasteiger partial charge >= 0.3 is 0 Å². The van der Waals surface area contributed by atoms with Crippen LogP contribution in [0, 0.1) is 10.1 Å². The maximum Gasteiger partial charge on any atom is 0.291 e. The first-order valence-electron chi connectivity index (χ1n) is 13.4. The maximum absolute atomic E-state index is 11.9. The molecule has 8 nitrogen and oxygen atoms in total. The van der Waals surface area contributed by atoms with Gasteiger partial charge in [0.2, 0.25) is 5.91 Å². The normalized spacial score (nSPS) is 10.7. The van der Waals surface area contributed by atoms with Gasteiger partial charge in [-0.3, -0.25) is 4.79 Å². The van der Waals surface area contributed by atoms with Gasteiger partial charge in [0, 0.05) is 19.5 Å². The minimum Gasteiger partial charge on any atom is -0.395 e. The summed E-state index contributed by atoms with van der Waals surface area (Å²) >= 11 is 0. The van der Waals surface area contributed by atoms with Crippen LogP contribution in [0.15, 0.2) is 0 Å². The SMILES string of the molecule is CCCCCCCCCCCCCCCCCC(=O)NCCCN(CC)CCO.O=[N+]([O-])O. The van der Waals surface area contributed by atoms with Crippen molar-refractivity contribution in [3.63, 3.8) is 0 Å². The van der Waals surface area contributed by atoms with Crippen LogP contribution < -0.4 is 5.32 Å². The van der Waals surface area contributed by atoms with Crippen LogP contribution in [0.2, 0.25) is 0 Å². The fraction of sp³-hybridized carbons (Fsp3) is 0.960. The number of nitrogens with one attached hydrogen (secondary N) is 1. The number of carbonyl (C=O) groups is 1. The third kappa shape index (κ3) is 32.8. The summed E-state index contributed by atoms with van der Waals surface area (Å²) in [5, 5.41) is 25.6. The van der Waals surface area contributed by atoms with Gasteiger partial charge in [0.05, 0.1) is 6.61 Å². The minimum atomic E-state index is -1.50. The van der Waals surface area contributed by atoms with E-state index in [0.717, 1.165) is 39.0 Å². The minimum absolute atomic E-state index is 0.199. The Bertz CT molecular complexity index is 421. The topological polar surface area (TPSA) is 116 Å². The second kappa shape index (κ2) is 28.6. The highest BCUT2D eigenvalue weighted by molar-refractivity contribution is 5.75. The number of amides is 1. The number of rotatable bonds is 23. The Morgan fingerprint density at radius 2 is 1.21 bits per heavy atom. The van der Waals surface area contributed by atoms with Crippen molar-refractivity contribution in [3.05, 3.63) is 10.1 Å². The Hall–Kier alpha value is -1.41. The highest BCUT2D eigenvalue weighted by Crippen LogP contribution is 2.13. The molecule has 0 aromatic carbocycles. The van der Waals surface area contributed by atoms with Crippen LogP contribution in [0.4, 0.5) is 0 Å². The number of aliphatic hydroxyl groups excluding tert-OH is 1. The van der Waals surface area contributed by atoms with Gasteiger partial charge in [-0.2, -0.15) is 0 Å². The highest BCUT2D eigenvalue weighted by Gasteiger charge is 2.03. The molecule has 3 N–H and O–H groups in total. The van der Waals surface area contributed by atoms with E-state index in [1.54, 1.807) is 0 Å². The Morgan fingerprint density at radius 1 is 0.788 bits per heavy atom. The fourth-order valence-electron chi connectivity index (χ4n) is 3.85. The van der Waals surface area contributed by atoms with Gasteiger partial charge in [-0.05, 0) is 25.9 Å². The number of carbonyl (C=O) groups excluding carboxylic acids is 1. The summed E-state index contributed by atoms with van der Waals surface area (Å²) in [7, 11) is 0. The number of hydrogen-bond donors (Lipinski definition) is 3. The van der Waals surface area contributed by atoms with Crippen LogP contribution in [0.3, 0.4) is 0 Å². The van der Waals surface area contributed by atoms with E-state index < -0.39 is 5.09 Å². The molecule has 0 aliphatic carbocycles. The second-order valence-electron chi connectivity index (χ2n) is 8.80. The molecule has 0 unspecified atom stereocenters. The van der Waals surface area contributed by atoms with Gasteiger partial charge in [-0.15, -0.1) is 10.1 Å². The van der Waals surface area contributed by atoms with Crippen LogP contribution >= 0.6 is 0 Å². The van der Waals surface area contributed by atoms with Crippen molar-refractivity contribution in [2.45, 2.75) is 123 Å². The molecular weight excluding hydrogens is 422 g/mol. The predicted octanol–water partition coefficient (Wildman–Crippen LogP) is 5.72. The monoisotopic (exact) mass is 475 g/mol. The lowest BCUT2D eigenvalue weighted by Gasteiger charge is -2.18. The van der Waals surface area contributed by atoms with Crippen molar-refractivity contribution in [1.29, 1.82) is 0 Å². The Balaban J connectivity index is 0. The van der Waals surface area contributed by atoms with Crippen molar-refractivity contribution >= 4 is 5.91 Å².